The molecule has 0 aromatic heterocycles. The molecular formula is C14H19ClO3. The SMILES string of the molecule is CCCCC(C(=O)O)C(C)(O)c1ccc(Cl)cc1. The number of aliphatic carboxylic acids is 1. The van der Waals surface area contributed by atoms with Gasteiger partial charge in [-0.25, -0.2) is 0 Å². The molecule has 0 radical (unpaired) electrons. The number of benzene rings is 1. The third kappa shape index (κ3) is 3.47. The van der Waals surface area contributed by atoms with E-state index in [4.69, 9.17) is 11.6 Å². The molecule has 0 heterocycles. The van der Waals surface area contributed by atoms with Crippen LogP contribution in [-0.2, 0) is 10.4 Å². The van der Waals surface area contributed by atoms with Crippen LogP contribution in [0.25, 0.3) is 0 Å². The highest BCUT2D eigenvalue weighted by Crippen LogP contribution is 2.33. The summed E-state index contributed by atoms with van der Waals surface area (Å²) in [6.45, 7) is 3.54. The zero-order valence-electron chi connectivity index (χ0n) is 10.7. The van der Waals surface area contributed by atoms with Gasteiger partial charge in [-0.05, 0) is 31.0 Å². The maximum atomic E-state index is 11.3. The van der Waals surface area contributed by atoms with E-state index in [1.807, 2.05) is 6.92 Å². The molecule has 4 heteroatoms. The first-order chi connectivity index (χ1) is 8.39. The molecule has 1 rings (SSSR count). The molecule has 0 spiro atoms. The van der Waals surface area contributed by atoms with E-state index in [1.165, 1.54) is 0 Å². The normalized spacial score (nSPS) is 16.0. The Bertz CT molecular complexity index is 398. The van der Waals surface area contributed by atoms with Crippen LogP contribution in [0.3, 0.4) is 0 Å². The Morgan fingerprint density at radius 2 is 1.94 bits per heavy atom. The van der Waals surface area contributed by atoms with Gasteiger partial charge in [0.1, 0.15) is 5.60 Å². The molecule has 2 unspecified atom stereocenters. The van der Waals surface area contributed by atoms with E-state index < -0.39 is 17.5 Å². The van der Waals surface area contributed by atoms with Gasteiger partial charge in [-0.2, -0.15) is 0 Å². The number of rotatable bonds is 6. The van der Waals surface area contributed by atoms with Crippen LogP contribution in [0.15, 0.2) is 24.3 Å². The Labute approximate surface area is 112 Å². The quantitative estimate of drug-likeness (QED) is 0.832. The van der Waals surface area contributed by atoms with Crippen LogP contribution in [-0.4, -0.2) is 16.2 Å². The summed E-state index contributed by atoms with van der Waals surface area (Å²) in [6.07, 6.45) is 2.14. The molecule has 0 saturated heterocycles. The van der Waals surface area contributed by atoms with Crippen LogP contribution in [0.1, 0.15) is 38.7 Å². The highest BCUT2D eigenvalue weighted by atomic mass is 35.5. The van der Waals surface area contributed by atoms with Crippen LogP contribution in [0, 0.1) is 5.92 Å². The molecule has 18 heavy (non-hydrogen) atoms. The van der Waals surface area contributed by atoms with Crippen LogP contribution in [0.2, 0.25) is 5.02 Å². The summed E-state index contributed by atoms with van der Waals surface area (Å²) < 4.78 is 0. The van der Waals surface area contributed by atoms with Crippen molar-refractivity contribution in [3.05, 3.63) is 34.9 Å². The van der Waals surface area contributed by atoms with Gasteiger partial charge in [0.25, 0.3) is 0 Å². The summed E-state index contributed by atoms with van der Waals surface area (Å²) in [4.78, 5) is 11.3. The predicted molar refractivity (Wildman–Crippen MR) is 71.7 cm³/mol. The third-order valence-corrected chi connectivity index (χ3v) is 3.50. The van der Waals surface area contributed by atoms with Crippen LogP contribution >= 0.6 is 11.6 Å². The number of aliphatic hydroxyl groups is 1. The van der Waals surface area contributed by atoms with Gasteiger partial charge < -0.3 is 10.2 Å². The van der Waals surface area contributed by atoms with Crippen molar-refractivity contribution in [2.75, 3.05) is 0 Å². The second-order valence-corrected chi connectivity index (χ2v) is 5.12. The van der Waals surface area contributed by atoms with Crippen molar-refractivity contribution in [1.29, 1.82) is 0 Å². The average molecular weight is 271 g/mol. The van der Waals surface area contributed by atoms with Crippen molar-refractivity contribution in [3.8, 4) is 0 Å². The summed E-state index contributed by atoms with van der Waals surface area (Å²) in [5.41, 5.74) is -0.804. The zero-order chi connectivity index (χ0) is 13.8. The Morgan fingerprint density at radius 1 is 1.39 bits per heavy atom. The first kappa shape index (κ1) is 15.0. The fourth-order valence-electron chi connectivity index (χ4n) is 2.04. The molecule has 0 fully saturated rings. The first-order valence-corrected chi connectivity index (χ1v) is 6.48. The number of carbonyl (C=O) groups is 1. The van der Waals surface area contributed by atoms with E-state index >= 15 is 0 Å². The van der Waals surface area contributed by atoms with Crippen molar-refractivity contribution >= 4 is 17.6 Å². The van der Waals surface area contributed by atoms with Gasteiger partial charge in [0.05, 0.1) is 5.92 Å². The standard InChI is InChI=1S/C14H19ClO3/c1-3-4-5-12(13(16)17)14(2,18)10-6-8-11(15)9-7-10/h6-9,12,18H,3-5H2,1-2H3,(H,16,17). The van der Waals surface area contributed by atoms with Crippen LogP contribution in [0.5, 0.6) is 0 Å². The topological polar surface area (TPSA) is 57.5 Å². The van der Waals surface area contributed by atoms with Crippen molar-refractivity contribution in [3.63, 3.8) is 0 Å². The van der Waals surface area contributed by atoms with Gasteiger partial charge >= 0.3 is 5.97 Å². The van der Waals surface area contributed by atoms with Gasteiger partial charge in [0, 0.05) is 5.02 Å². The van der Waals surface area contributed by atoms with Crippen LogP contribution < -0.4 is 0 Å². The lowest BCUT2D eigenvalue weighted by Crippen LogP contribution is -2.37. The molecule has 0 aliphatic rings. The number of halogens is 1. The summed E-state index contributed by atoms with van der Waals surface area (Å²) in [7, 11) is 0. The molecule has 0 bridgehead atoms. The Hall–Kier alpha value is -1.06. The van der Waals surface area contributed by atoms with E-state index in [0.29, 0.717) is 17.0 Å². The molecule has 2 atom stereocenters. The van der Waals surface area contributed by atoms with Gasteiger partial charge in [0.15, 0.2) is 0 Å². The molecular weight excluding hydrogens is 252 g/mol. The summed E-state index contributed by atoms with van der Waals surface area (Å²) in [5, 5.41) is 20.3. The Kier molecular flexibility index (Phi) is 5.17. The number of hydrogen-bond acceptors (Lipinski definition) is 2. The monoisotopic (exact) mass is 270 g/mol. The fraction of sp³-hybridized carbons (Fsp3) is 0.500. The minimum atomic E-state index is -1.38. The summed E-state index contributed by atoms with van der Waals surface area (Å²) >= 11 is 5.79. The van der Waals surface area contributed by atoms with Crippen molar-refractivity contribution < 1.29 is 15.0 Å². The first-order valence-electron chi connectivity index (χ1n) is 6.10. The molecule has 3 nitrogen and oxygen atoms in total. The minimum absolute atomic E-state index is 0.460. The largest absolute Gasteiger partial charge is 0.481 e. The molecule has 0 aliphatic heterocycles. The van der Waals surface area contributed by atoms with Gasteiger partial charge in [-0.15, -0.1) is 0 Å². The molecule has 2 N–H and O–H groups in total. The van der Waals surface area contributed by atoms with Gasteiger partial charge in [-0.3, -0.25) is 4.79 Å². The van der Waals surface area contributed by atoms with Gasteiger partial charge in [-0.1, -0.05) is 43.5 Å². The third-order valence-electron chi connectivity index (χ3n) is 3.25. The number of unbranched alkanes of at least 4 members (excludes halogenated alkanes) is 1. The molecule has 0 saturated carbocycles. The predicted octanol–water partition coefficient (Wildman–Crippen LogP) is 3.44. The zero-order valence-corrected chi connectivity index (χ0v) is 11.4. The van der Waals surface area contributed by atoms with E-state index in [0.717, 1.165) is 12.8 Å². The Morgan fingerprint density at radius 3 is 2.39 bits per heavy atom. The maximum absolute atomic E-state index is 11.3. The second kappa shape index (κ2) is 6.21. The lowest BCUT2D eigenvalue weighted by Gasteiger charge is -2.30. The second-order valence-electron chi connectivity index (χ2n) is 4.69. The summed E-state index contributed by atoms with van der Waals surface area (Å²) in [6, 6.07) is 6.66. The number of carboxylic acid groups (broad SMARTS) is 1. The number of hydrogen-bond donors (Lipinski definition) is 2. The molecule has 0 aliphatic carbocycles. The maximum Gasteiger partial charge on any atom is 0.309 e. The molecule has 1 aromatic rings. The van der Waals surface area contributed by atoms with E-state index in [-0.39, 0.29) is 0 Å². The fourth-order valence-corrected chi connectivity index (χ4v) is 2.17. The highest BCUT2D eigenvalue weighted by Gasteiger charge is 2.38. The highest BCUT2D eigenvalue weighted by molar-refractivity contribution is 6.30. The lowest BCUT2D eigenvalue weighted by molar-refractivity contribution is -0.152. The average Bonchev–Trinajstić information content (AvgIpc) is 2.29. The summed E-state index contributed by atoms with van der Waals surface area (Å²) in [5.74, 6) is -1.78. The number of carboxylic acids is 1. The Balaban J connectivity index is 3.00. The molecule has 1 aromatic carbocycles. The molecule has 100 valence electrons. The van der Waals surface area contributed by atoms with Crippen LogP contribution in [0.4, 0.5) is 0 Å². The van der Waals surface area contributed by atoms with E-state index in [2.05, 4.69) is 0 Å². The lowest BCUT2D eigenvalue weighted by atomic mass is 9.80. The van der Waals surface area contributed by atoms with Crippen molar-refractivity contribution in [1.82, 2.24) is 0 Å². The minimum Gasteiger partial charge on any atom is -0.481 e. The van der Waals surface area contributed by atoms with E-state index in [1.54, 1.807) is 31.2 Å². The van der Waals surface area contributed by atoms with Gasteiger partial charge in [0.2, 0.25) is 0 Å². The molecule has 0 amide bonds. The van der Waals surface area contributed by atoms with Crippen molar-refractivity contribution in [2.24, 2.45) is 5.92 Å². The van der Waals surface area contributed by atoms with E-state index in [9.17, 15) is 15.0 Å². The van der Waals surface area contributed by atoms with Crippen molar-refractivity contribution in [2.45, 2.75) is 38.7 Å². The smallest absolute Gasteiger partial charge is 0.309 e.